The number of hydrogen-bond donors (Lipinski definition) is 8. The Morgan fingerprint density at radius 3 is 0.857 bits per heavy atom. The molecule has 0 spiro atoms. The fourth-order valence-corrected chi connectivity index (χ4v) is 16.0. The fourth-order valence-electron chi connectivity index (χ4n) is 16.0. The van der Waals surface area contributed by atoms with Gasteiger partial charge in [0.25, 0.3) is 23.2 Å². The molecule has 6 amide bonds. The normalized spacial score (nSPS) is 12.2. The molecule has 8 N–H and O–H groups in total. The lowest BCUT2D eigenvalue weighted by molar-refractivity contribution is -0.141. The number of hydrogen-bond acceptors (Lipinski definition) is 16. The molecule has 0 radical (unpaired) electrons. The van der Waals surface area contributed by atoms with Gasteiger partial charge in [0.2, 0.25) is 23.6 Å². The summed E-state index contributed by atoms with van der Waals surface area (Å²) in [6.45, 7) is 32.7. The molecule has 0 fully saturated rings. The van der Waals surface area contributed by atoms with Crippen LogP contribution in [0.5, 0.6) is 0 Å². The van der Waals surface area contributed by atoms with Crippen LogP contribution in [-0.2, 0) is 47.8 Å². The van der Waals surface area contributed by atoms with Crippen LogP contribution < -0.4 is 32.1 Å². The topological polar surface area (TPSA) is 333 Å². The van der Waals surface area contributed by atoms with E-state index in [1.165, 1.54) is 48.2 Å². The average Bonchev–Trinajstić information content (AvgIpc) is 0.859. The molecule has 0 aromatic heterocycles. The molecule has 6 aromatic carbocycles. The number of nitrogens with zero attached hydrogens (tertiary/aromatic N) is 4. The summed E-state index contributed by atoms with van der Waals surface area (Å²) in [4.78, 5) is 135. The summed E-state index contributed by atoms with van der Waals surface area (Å²) in [6.07, 6.45) is 25.6. The van der Waals surface area contributed by atoms with Crippen molar-refractivity contribution in [3.05, 3.63) is 180 Å². The minimum absolute atomic E-state index is 0. The summed E-state index contributed by atoms with van der Waals surface area (Å²) < 4.78 is 9.83. The number of amides is 6. The fraction of sp³-hybridized carbons (Fsp3) is 0.586. The summed E-state index contributed by atoms with van der Waals surface area (Å²) in [7, 11) is 0. The van der Waals surface area contributed by atoms with Gasteiger partial charge in [-0.15, -0.1) is 0 Å². The molecule has 24 nitrogen and oxygen atoms in total. The van der Waals surface area contributed by atoms with E-state index in [1.54, 1.807) is 86.6 Å². The minimum Gasteiger partial charge on any atom is -0.476 e. The number of rotatable bonds is 60. The summed E-state index contributed by atoms with van der Waals surface area (Å²) in [5.74, 6) is -4.38. The first kappa shape index (κ1) is 144. The molecule has 10 atom stereocenters. The minimum atomic E-state index is -1.69. The SMILES string of the molecule is C.C.C.C.C.C.C.C.C.C.C.C.CCCCC(CC)CN(CC(CC)CCCC)C(=O)C(CCC(C)C(=O)Nc1cccc(NC(=O)c2ccc(NN=C(C(=O)O)C(=O)O)cc2)c1)CCC(CC)c1ccccc1.CCCCC(CC)CN(CC(CC)CCCC)C(=O)C(CCC(C)C(=O)Nc1cccc(NC(=O)c2ccc(NN=C(C(=O)OCC)C(=O)OCC)cc2)c1)CCC(CC)c1ccccc1. The van der Waals surface area contributed by atoms with Crippen LogP contribution in [-0.4, -0.2) is 130 Å². The van der Waals surface area contributed by atoms with Crippen LogP contribution in [0.2, 0.25) is 0 Å². The van der Waals surface area contributed by atoms with Crippen molar-refractivity contribution >= 4 is 105 Å². The van der Waals surface area contributed by atoms with Gasteiger partial charge < -0.3 is 50.8 Å². The Morgan fingerprint density at radius 2 is 0.593 bits per heavy atom. The maximum Gasteiger partial charge on any atom is 0.366 e. The highest BCUT2D eigenvalue weighted by molar-refractivity contribution is 6.63. The number of carbonyl (C=O) groups is 10. The van der Waals surface area contributed by atoms with E-state index in [0.717, 1.165) is 155 Å². The summed E-state index contributed by atoms with van der Waals surface area (Å²) in [6, 6.07) is 47.2. The number of carboxylic acids is 2. The first-order valence-corrected chi connectivity index (χ1v) is 47.5. The second-order valence-corrected chi connectivity index (χ2v) is 34.1. The van der Waals surface area contributed by atoms with Gasteiger partial charge in [-0.25, -0.2) is 19.2 Å². The molecule has 24 heteroatoms. The Morgan fingerprint density at radius 1 is 0.314 bits per heavy atom. The first-order valence-electron chi connectivity index (χ1n) is 47.5. The standard InChI is InChI=1S/C54H79N5O7.C50H71N5O7.12CH4/c1-9-16-22-40(11-3)37-59(38-41(12-4)23-17-10-2)52(62)45(31-30-42(13-5)43-24-19-18-20-25-43)29-28-39(8)50(60)55-47-26-21-27-48(36-47)56-51(61)44-32-34-46(35-33-44)57-58-49(53(63)65-14-6)54(64)66-15-7;1-7-12-18-36(9-3)33-55(34-37(10-4)19-13-8-2)48(58)41(27-26-38(11-5)39-20-15-14-16-21-39)25-24-35(6)46(56)51-43-22-17-23-44(32-43)52-47(57)40-28-30-42(31-29-40)53-54-45(49(59)60)50(61)62;;;;;;;;;;;;/h18-21,24-27,32-36,39-42,45,57H,9-17,22-23,28-31,37-38H2,1-8H3,(H,55,60)(H,56,61);14-17,20-23,28-32,35-38,41,53H,7-13,18-19,24-27,33-34H2,1-6H3,(H,51,56)(H,52,57)(H,59,60)(H,61,62);12*1H4. The Balaban J connectivity index is -0.000000383. The number of benzene rings is 6. The molecule has 0 saturated heterocycles. The van der Waals surface area contributed by atoms with Gasteiger partial charge >= 0.3 is 23.9 Å². The number of carboxylic acid groups (broad SMARTS) is 2. The van der Waals surface area contributed by atoms with E-state index >= 15 is 0 Å². The molecule has 0 saturated carbocycles. The molecule has 6 aromatic rings. The van der Waals surface area contributed by atoms with Crippen molar-refractivity contribution in [3.63, 3.8) is 0 Å². The zero-order valence-electron chi connectivity index (χ0n) is 79.0. The zero-order valence-corrected chi connectivity index (χ0v) is 79.0. The lowest BCUT2D eigenvalue weighted by atomic mass is 9.85. The van der Waals surface area contributed by atoms with Gasteiger partial charge in [-0.1, -0.05) is 322 Å². The first-order chi connectivity index (χ1) is 61.7. The Kier molecular flexibility index (Phi) is 84.1. The van der Waals surface area contributed by atoms with E-state index < -0.39 is 41.2 Å². The van der Waals surface area contributed by atoms with Gasteiger partial charge in [-0.2, -0.15) is 10.2 Å². The second-order valence-electron chi connectivity index (χ2n) is 34.1. The van der Waals surface area contributed by atoms with Gasteiger partial charge in [0.15, 0.2) is 0 Å². The number of aliphatic carboxylic acids is 2. The van der Waals surface area contributed by atoms with E-state index in [1.807, 2.05) is 26.0 Å². The molecule has 0 aliphatic rings. The quantitative estimate of drug-likeness (QED) is 0.00761. The van der Waals surface area contributed by atoms with Crippen LogP contribution in [0.25, 0.3) is 0 Å². The number of anilines is 6. The monoisotopic (exact) mass is 1960 g/mol. The van der Waals surface area contributed by atoms with E-state index in [2.05, 4.69) is 170 Å². The van der Waals surface area contributed by atoms with Crippen molar-refractivity contribution in [2.24, 2.45) is 57.5 Å². The maximum atomic E-state index is 14.9. The Hall–Kier alpha value is -11.0. The number of esters is 2. The van der Waals surface area contributed by atoms with Crippen LogP contribution in [0.1, 0.15) is 397 Å². The van der Waals surface area contributed by atoms with Gasteiger partial charge in [-0.05, 0) is 235 Å². The van der Waals surface area contributed by atoms with Crippen LogP contribution in [0, 0.1) is 47.3 Å². The highest BCUT2D eigenvalue weighted by Gasteiger charge is 2.33. The van der Waals surface area contributed by atoms with Crippen molar-refractivity contribution in [2.45, 2.75) is 365 Å². The highest BCUT2D eigenvalue weighted by Crippen LogP contribution is 2.35. The van der Waals surface area contributed by atoms with Crippen molar-refractivity contribution in [2.75, 3.05) is 71.5 Å². The predicted molar refractivity (Wildman–Crippen MR) is 598 cm³/mol. The zero-order chi connectivity index (χ0) is 93.7. The number of nitrogens with one attached hydrogen (secondary N) is 6. The van der Waals surface area contributed by atoms with Gasteiger partial charge in [0, 0.05) is 83.7 Å². The summed E-state index contributed by atoms with van der Waals surface area (Å²) in [5, 5.41) is 37.0. The molecule has 6 rings (SSSR count). The average molecular weight is 1960 g/mol. The lowest BCUT2D eigenvalue weighted by Crippen LogP contribution is -2.42. The molecular weight excluding hydrogens is 1760 g/mol. The molecule has 796 valence electrons. The number of carbonyl (C=O) groups excluding carboxylic acids is 8. The number of ether oxygens (including phenoxy) is 2. The highest BCUT2D eigenvalue weighted by atomic mass is 16.6. The predicted octanol–water partition coefficient (Wildman–Crippen LogP) is 30.8. The molecule has 140 heavy (non-hydrogen) atoms. The van der Waals surface area contributed by atoms with Crippen molar-refractivity contribution in [3.8, 4) is 0 Å². The molecule has 0 aliphatic heterocycles. The van der Waals surface area contributed by atoms with Gasteiger partial charge in [-0.3, -0.25) is 39.6 Å². The Labute approximate surface area is 851 Å². The molecule has 0 aliphatic carbocycles. The third-order valence-corrected chi connectivity index (χ3v) is 24.5. The van der Waals surface area contributed by atoms with Crippen LogP contribution in [0.4, 0.5) is 34.1 Å². The van der Waals surface area contributed by atoms with Crippen molar-refractivity contribution in [1.29, 1.82) is 0 Å². The van der Waals surface area contributed by atoms with Gasteiger partial charge in [0.1, 0.15) is 0 Å². The molecule has 0 bridgehead atoms. The molecule has 10 unspecified atom stereocenters. The third-order valence-electron chi connectivity index (χ3n) is 24.5. The number of hydrazone groups is 2. The maximum absolute atomic E-state index is 14.9. The summed E-state index contributed by atoms with van der Waals surface area (Å²) >= 11 is 0. The lowest BCUT2D eigenvalue weighted by Gasteiger charge is -2.34. The summed E-state index contributed by atoms with van der Waals surface area (Å²) in [5.41, 5.74) is 9.37. The molecule has 0 heterocycles. The smallest absolute Gasteiger partial charge is 0.366 e. The largest absolute Gasteiger partial charge is 0.476 e. The van der Waals surface area contributed by atoms with E-state index in [0.29, 0.717) is 95.2 Å². The van der Waals surface area contributed by atoms with Crippen LogP contribution in [0.15, 0.2) is 168 Å². The van der Waals surface area contributed by atoms with Gasteiger partial charge in [0.05, 0.1) is 24.6 Å². The second kappa shape index (κ2) is 81.6. The third kappa shape index (κ3) is 51.9. The van der Waals surface area contributed by atoms with Crippen LogP contribution in [0.3, 0.4) is 0 Å². The van der Waals surface area contributed by atoms with Crippen LogP contribution >= 0.6 is 0 Å². The number of unbranched alkanes of at least 4 members (excludes halogenated alkanes) is 4. The van der Waals surface area contributed by atoms with E-state index in [-0.39, 0.29) is 167 Å². The Bertz CT molecular complexity index is 4320. The van der Waals surface area contributed by atoms with E-state index in [9.17, 15) is 47.9 Å². The molecular formula is C116H198N10O14. The van der Waals surface area contributed by atoms with Crippen molar-refractivity contribution in [1.82, 2.24) is 9.80 Å². The van der Waals surface area contributed by atoms with Crippen molar-refractivity contribution < 1.29 is 67.6 Å². The van der Waals surface area contributed by atoms with E-state index in [4.69, 9.17) is 19.7 Å².